The summed E-state index contributed by atoms with van der Waals surface area (Å²) in [6.07, 6.45) is 5.09. The Morgan fingerprint density at radius 1 is 1.56 bits per heavy atom. The second-order valence-corrected chi connectivity index (χ2v) is 5.92. The topological polar surface area (TPSA) is 38.0 Å². The van der Waals surface area contributed by atoms with Crippen molar-refractivity contribution in [3.8, 4) is 0 Å². The molecule has 2 rings (SSSR count). The van der Waals surface area contributed by atoms with Crippen LogP contribution < -0.4 is 11.1 Å². The fourth-order valence-corrected chi connectivity index (χ4v) is 3.53. The molecule has 0 bridgehead atoms. The minimum Gasteiger partial charge on any atom is -0.330 e. The fraction of sp³-hybridized carbons (Fsp3) is 0.692. The molecule has 0 radical (unpaired) electrons. The van der Waals surface area contributed by atoms with Crippen LogP contribution in [0.25, 0.3) is 0 Å². The molecule has 0 spiro atoms. The second-order valence-electron chi connectivity index (χ2n) is 4.88. The number of rotatable bonds is 5. The van der Waals surface area contributed by atoms with E-state index in [0.29, 0.717) is 18.0 Å². The van der Waals surface area contributed by atoms with E-state index in [9.17, 15) is 0 Å². The van der Waals surface area contributed by atoms with E-state index in [0.717, 1.165) is 13.0 Å². The van der Waals surface area contributed by atoms with Gasteiger partial charge in [0.15, 0.2) is 0 Å². The maximum Gasteiger partial charge on any atom is 0.0110 e. The van der Waals surface area contributed by atoms with Crippen LogP contribution in [0.4, 0.5) is 0 Å². The third-order valence-electron chi connectivity index (χ3n) is 3.55. The van der Waals surface area contributed by atoms with Crippen molar-refractivity contribution in [2.24, 2.45) is 11.7 Å². The molecular weight excluding hydrogens is 216 g/mol. The third-order valence-corrected chi connectivity index (χ3v) is 4.45. The number of thiophene rings is 1. The van der Waals surface area contributed by atoms with Gasteiger partial charge in [0.25, 0.3) is 0 Å². The summed E-state index contributed by atoms with van der Waals surface area (Å²) in [4.78, 5) is 1.47. The first kappa shape index (κ1) is 12.1. The molecule has 1 aromatic rings. The Bertz CT molecular complexity index is 297. The first-order valence-electron chi connectivity index (χ1n) is 6.28. The molecular formula is C13H22N2S. The Balaban J connectivity index is 1.80. The molecule has 0 amide bonds. The zero-order valence-electron chi connectivity index (χ0n) is 9.99. The van der Waals surface area contributed by atoms with Gasteiger partial charge in [-0.15, -0.1) is 11.3 Å². The second kappa shape index (κ2) is 5.80. The fourth-order valence-electron chi connectivity index (χ4n) is 2.69. The van der Waals surface area contributed by atoms with E-state index in [1.165, 1.54) is 24.1 Å². The standard InChI is InChI=1S/C13H22N2S/c1-10(8-12-5-3-7-16-12)15-13-6-2-4-11(13)9-14/h3,5,7,10-11,13,15H,2,4,6,8-9,14H2,1H3. The van der Waals surface area contributed by atoms with Gasteiger partial charge < -0.3 is 11.1 Å². The molecule has 1 fully saturated rings. The average Bonchev–Trinajstić information content (AvgIpc) is 2.88. The predicted octanol–water partition coefficient (Wildman–Crippen LogP) is 2.40. The van der Waals surface area contributed by atoms with Crippen LogP contribution in [0.2, 0.25) is 0 Å². The van der Waals surface area contributed by atoms with Gasteiger partial charge in [-0.25, -0.2) is 0 Å². The van der Waals surface area contributed by atoms with Gasteiger partial charge in [-0.1, -0.05) is 12.5 Å². The highest BCUT2D eigenvalue weighted by molar-refractivity contribution is 7.09. The molecule has 1 aromatic heterocycles. The molecule has 2 nitrogen and oxygen atoms in total. The van der Waals surface area contributed by atoms with Crippen molar-refractivity contribution in [3.63, 3.8) is 0 Å². The maximum absolute atomic E-state index is 5.80. The highest BCUT2D eigenvalue weighted by Gasteiger charge is 2.26. The van der Waals surface area contributed by atoms with Crippen molar-refractivity contribution in [2.45, 2.75) is 44.7 Å². The summed E-state index contributed by atoms with van der Waals surface area (Å²) in [5, 5.41) is 5.90. The zero-order chi connectivity index (χ0) is 11.4. The Morgan fingerprint density at radius 3 is 3.12 bits per heavy atom. The summed E-state index contributed by atoms with van der Waals surface area (Å²) in [5.74, 6) is 0.700. The summed E-state index contributed by atoms with van der Waals surface area (Å²) in [7, 11) is 0. The van der Waals surface area contributed by atoms with Gasteiger partial charge in [0, 0.05) is 17.0 Å². The highest BCUT2D eigenvalue weighted by atomic mass is 32.1. The lowest BCUT2D eigenvalue weighted by Gasteiger charge is -2.24. The van der Waals surface area contributed by atoms with Gasteiger partial charge in [0.05, 0.1) is 0 Å². The van der Waals surface area contributed by atoms with Crippen LogP contribution in [0.3, 0.4) is 0 Å². The van der Waals surface area contributed by atoms with Crippen LogP contribution in [-0.4, -0.2) is 18.6 Å². The smallest absolute Gasteiger partial charge is 0.0110 e. The van der Waals surface area contributed by atoms with Crippen LogP contribution in [0.1, 0.15) is 31.1 Å². The summed E-state index contributed by atoms with van der Waals surface area (Å²) in [6.45, 7) is 3.12. The van der Waals surface area contributed by atoms with E-state index in [1.54, 1.807) is 0 Å². The van der Waals surface area contributed by atoms with E-state index < -0.39 is 0 Å². The van der Waals surface area contributed by atoms with E-state index in [1.807, 2.05) is 11.3 Å². The number of hydrogen-bond donors (Lipinski definition) is 2. The number of nitrogens with one attached hydrogen (secondary N) is 1. The first-order valence-corrected chi connectivity index (χ1v) is 7.16. The van der Waals surface area contributed by atoms with Crippen molar-refractivity contribution in [1.82, 2.24) is 5.32 Å². The minimum atomic E-state index is 0.566. The minimum absolute atomic E-state index is 0.566. The summed E-state index contributed by atoms with van der Waals surface area (Å²) in [6, 6.07) is 5.57. The molecule has 1 aliphatic rings. The molecule has 3 N–H and O–H groups in total. The highest BCUT2D eigenvalue weighted by Crippen LogP contribution is 2.25. The van der Waals surface area contributed by atoms with Crippen LogP contribution in [0, 0.1) is 5.92 Å². The Morgan fingerprint density at radius 2 is 2.44 bits per heavy atom. The van der Waals surface area contributed by atoms with Crippen molar-refractivity contribution in [3.05, 3.63) is 22.4 Å². The molecule has 90 valence electrons. The maximum atomic E-state index is 5.80. The van der Waals surface area contributed by atoms with E-state index in [4.69, 9.17) is 5.73 Å². The molecule has 1 saturated carbocycles. The Labute approximate surface area is 102 Å². The summed E-state index contributed by atoms with van der Waals surface area (Å²) < 4.78 is 0. The molecule has 3 heteroatoms. The van der Waals surface area contributed by atoms with Crippen molar-refractivity contribution in [1.29, 1.82) is 0 Å². The van der Waals surface area contributed by atoms with Gasteiger partial charge >= 0.3 is 0 Å². The van der Waals surface area contributed by atoms with Gasteiger partial charge in [-0.3, -0.25) is 0 Å². The largest absolute Gasteiger partial charge is 0.330 e. The molecule has 0 saturated heterocycles. The SMILES string of the molecule is CC(Cc1cccs1)NC1CCCC1CN. The molecule has 16 heavy (non-hydrogen) atoms. The van der Waals surface area contributed by atoms with Gasteiger partial charge in [-0.2, -0.15) is 0 Å². The summed E-state index contributed by atoms with van der Waals surface area (Å²) in [5.41, 5.74) is 5.80. The van der Waals surface area contributed by atoms with E-state index in [2.05, 4.69) is 29.8 Å². The first-order chi connectivity index (χ1) is 7.79. The third kappa shape index (κ3) is 3.06. The predicted molar refractivity (Wildman–Crippen MR) is 70.8 cm³/mol. The van der Waals surface area contributed by atoms with Crippen molar-refractivity contribution < 1.29 is 0 Å². The van der Waals surface area contributed by atoms with Crippen molar-refractivity contribution in [2.75, 3.05) is 6.54 Å². The Kier molecular flexibility index (Phi) is 4.38. The quantitative estimate of drug-likeness (QED) is 0.826. The molecule has 3 unspecified atom stereocenters. The molecule has 1 aliphatic carbocycles. The van der Waals surface area contributed by atoms with Crippen LogP contribution in [0.5, 0.6) is 0 Å². The van der Waals surface area contributed by atoms with Crippen LogP contribution >= 0.6 is 11.3 Å². The normalized spacial score (nSPS) is 27.1. The lowest BCUT2D eigenvalue weighted by Crippen LogP contribution is -2.41. The lowest BCUT2D eigenvalue weighted by molar-refractivity contribution is 0.369. The van der Waals surface area contributed by atoms with E-state index in [-0.39, 0.29) is 0 Å². The molecule has 3 atom stereocenters. The molecule has 0 aromatic carbocycles. The van der Waals surface area contributed by atoms with E-state index >= 15 is 0 Å². The average molecular weight is 238 g/mol. The van der Waals surface area contributed by atoms with Gasteiger partial charge in [0.2, 0.25) is 0 Å². The monoisotopic (exact) mass is 238 g/mol. The van der Waals surface area contributed by atoms with Gasteiger partial charge in [0.1, 0.15) is 0 Å². The Hall–Kier alpha value is -0.380. The summed E-state index contributed by atoms with van der Waals surface area (Å²) >= 11 is 1.85. The molecule has 0 aliphatic heterocycles. The van der Waals surface area contributed by atoms with Crippen LogP contribution in [0.15, 0.2) is 17.5 Å². The number of hydrogen-bond acceptors (Lipinski definition) is 3. The van der Waals surface area contributed by atoms with Gasteiger partial charge in [-0.05, 0) is 50.1 Å². The van der Waals surface area contributed by atoms with Crippen molar-refractivity contribution >= 4 is 11.3 Å². The lowest BCUT2D eigenvalue weighted by atomic mass is 10.0. The zero-order valence-corrected chi connectivity index (χ0v) is 10.8. The molecule has 1 heterocycles. The number of nitrogens with two attached hydrogens (primary N) is 1. The van der Waals surface area contributed by atoms with Crippen LogP contribution in [-0.2, 0) is 6.42 Å².